The molecule has 0 bridgehead atoms. The zero-order chi connectivity index (χ0) is 14.4. The first-order chi connectivity index (χ1) is 9.63. The van der Waals surface area contributed by atoms with Crippen LogP contribution in [0.1, 0.15) is 19.5 Å². The van der Waals surface area contributed by atoms with Crippen molar-refractivity contribution in [2.24, 2.45) is 5.92 Å². The van der Waals surface area contributed by atoms with E-state index >= 15 is 0 Å². The van der Waals surface area contributed by atoms with E-state index in [-0.39, 0.29) is 0 Å². The van der Waals surface area contributed by atoms with E-state index in [4.69, 9.17) is 0 Å². The molecule has 0 spiro atoms. The molecule has 114 valence electrons. The lowest BCUT2D eigenvalue weighted by molar-refractivity contribution is 0.148. The highest BCUT2D eigenvalue weighted by molar-refractivity contribution is 4.91. The van der Waals surface area contributed by atoms with Gasteiger partial charge in [0.15, 0.2) is 0 Å². The molecule has 1 aliphatic rings. The summed E-state index contributed by atoms with van der Waals surface area (Å²) < 4.78 is 1.96. The van der Waals surface area contributed by atoms with E-state index in [9.17, 15) is 0 Å². The lowest BCUT2D eigenvalue weighted by atomic mass is 10.2. The van der Waals surface area contributed by atoms with Gasteiger partial charge >= 0.3 is 0 Å². The van der Waals surface area contributed by atoms with Crippen LogP contribution in [0.5, 0.6) is 0 Å². The summed E-state index contributed by atoms with van der Waals surface area (Å²) in [7, 11) is 2.19. The Morgan fingerprint density at radius 1 is 1.20 bits per heavy atom. The van der Waals surface area contributed by atoms with Crippen LogP contribution < -0.4 is 5.32 Å². The van der Waals surface area contributed by atoms with Gasteiger partial charge < -0.3 is 10.2 Å². The lowest BCUT2D eigenvalue weighted by Crippen LogP contribution is -2.45. The Bertz CT molecular complexity index is 381. The number of piperazine rings is 1. The van der Waals surface area contributed by atoms with Crippen LogP contribution in [0.15, 0.2) is 6.20 Å². The zero-order valence-corrected chi connectivity index (χ0v) is 13.0. The molecular weight excluding hydrogens is 252 g/mol. The van der Waals surface area contributed by atoms with Gasteiger partial charge in [-0.25, -0.2) is 0 Å². The molecule has 2 rings (SSSR count). The standard InChI is InChI=1S/C14H28N6/c1-13(2)10-15-11-14-12-20(17-16-14)9-8-19-6-4-18(3)5-7-19/h12-13,15H,4-11H2,1-3H3. The largest absolute Gasteiger partial charge is 0.311 e. The number of nitrogens with one attached hydrogen (secondary N) is 1. The third-order valence-corrected chi connectivity index (χ3v) is 3.69. The second kappa shape index (κ2) is 7.71. The van der Waals surface area contributed by atoms with Crippen molar-refractivity contribution < 1.29 is 0 Å². The summed E-state index contributed by atoms with van der Waals surface area (Å²) in [6.45, 7) is 12.9. The Labute approximate surface area is 122 Å². The molecule has 1 saturated heterocycles. The lowest BCUT2D eigenvalue weighted by Gasteiger charge is -2.32. The van der Waals surface area contributed by atoms with E-state index in [0.29, 0.717) is 5.92 Å². The van der Waals surface area contributed by atoms with Gasteiger partial charge in [-0.05, 0) is 19.5 Å². The highest BCUT2D eigenvalue weighted by Gasteiger charge is 2.13. The molecule has 2 heterocycles. The first-order valence-corrected chi connectivity index (χ1v) is 7.64. The molecule has 0 radical (unpaired) electrons. The van der Waals surface area contributed by atoms with E-state index in [2.05, 4.69) is 52.5 Å². The van der Waals surface area contributed by atoms with Crippen molar-refractivity contribution in [3.8, 4) is 0 Å². The second-order valence-electron chi connectivity index (χ2n) is 6.14. The summed E-state index contributed by atoms with van der Waals surface area (Å²) in [5, 5.41) is 11.8. The van der Waals surface area contributed by atoms with Gasteiger partial charge in [-0.15, -0.1) is 5.10 Å². The van der Waals surface area contributed by atoms with Crippen molar-refractivity contribution in [2.45, 2.75) is 26.9 Å². The summed E-state index contributed by atoms with van der Waals surface area (Å²) in [5.74, 6) is 0.669. The molecule has 20 heavy (non-hydrogen) atoms. The first-order valence-electron chi connectivity index (χ1n) is 7.64. The predicted octanol–water partition coefficient (Wildman–Crippen LogP) is 0.271. The molecule has 1 N–H and O–H groups in total. The van der Waals surface area contributed by atoms with Gasteiger partial charge in [0.1, 0.15) is 0 Å². The summed E-state index contributed by atoms with van der Waals surface area (Å²) in [5.41, 5.74) is 1.03. The Morgan fingerprint density at radius 3 is 2.65 bits per heavy atom. The van der Waals surface area contributed by atoms with Crippen LogP contribution >= 0.6 is 0 Å². The van der Waals surface area contributed by atoms with Crippen LogP contribution in [0.25, 0.3) is 0 Å². The fourth-order valence-electron chi connectivity index (χ4n) is 2.33. The number of rotatable bonds is 7. The Balaban J connectivity index is 1.67. The van der Waals surface area contributed by atoms with Crippen LogP contribution in [-0.2, 0) is 13.1 Å². The molecule has 0 unspecified atom stereocenters. The van der Waals surface area contributed by atoms with E-state index in [1.807, 2.05) is 4.68 Å². The molecule has 0 aromatic carbocycles. The number of hydrogen-bond donors (Lipinski definition) is 1. The normalized spacial score (nSPS) is 18.0. The number of aromatic nitrogens is 3. The Kier molecular flexibility index (Phi) is 5.94. The minimum absolute atomic E-state index is 0.669. The molecule has 1 fully saturated rings. The Morgan fingerprint density at radius 2 is 1.95 bits per heavy atom. The van der Waals surface area contributed by atoms with Gasteiger partial charge in [-0.1, -0.05) is 19.1 Å². The van der Waals surface area contributed by atoms with Gasteiger partial charge in [0.25, 0.3) is 0 Å². The zero-order valence-electron chi connectivity index (χ0n) is 13.0. The van der Waals surface area contributed by atoms with Crippen molar-refractivity contribution in [2.75, 3.05) is 46.3 Å². The fraction of sp³-hybridized carbons (Fsp3) is 0.857. The molecule has 0 aliphatic carbocycles. The van der Waals surface area contributed by atoms with Gasteiger partial charge in [0, 0.05) is 45.5 Å². The summed E-state index contributed by atoms with van der Waals surface area (Å²) in [6.07, 6.45) is 2.06. The first kappa shape index (κ1) is 15.4. The number of likely N-dealkylation sites (N-methyl/N-ethyl adjacent to an activating group) is 1. The minimum atomic E-state index is 0.669. The molecule has 0 atom stereocenters. The van der Waals surface area contributed by atoms with Crippen LogP contribution in [0.3, 0.4) is 0 Å². The summed E-state index contributed by atoms with van der Waals surface area (Å²) >= 11 is 0. The molecule has 6 heteroatoms. The van der Waals surface area contributed by atoms with Gasteiger partial charge in [-0.2, -0.15) is 0 Å². The maximum absolute atomic E-state index is 4.21. The van der Waals surface area contributed by atoms with Crippen LogP contribution in [0.2, 0.25) is 0 Å². The van der Waals surface area contributed by atoms with Gasteiger partial charge in [0.05, 0.1) is 12.2 Å². The monoisotopic (exact) mass is 280 g/mol. The summed E-state index contributed by atoms with van der Waals surface area (Å²) in [4.78, 5) is 4.88. The molecule has 0 amide bonds. The maximum atomic E-state index is 4.21. The van der Waals surface area contributed by atoms with E-state index in [1.54, 1.807) is 0 Å². The third-order valence-electron chi connectivity index (χ3n) is 3.69. The molecule has 0 saturated carbocycles. The average molecular weight is 280 g/mol. The van der Waals surface area contributed by atoms with Crippen molar-refractivity contribution in [3.05, 3.63) is 11.9 Å². The highest BCUT2D eigenvalue weighted by Crippen LogP contribution is 2.00. The number of hydrogen-bond acceptors (Lipinski definition) is 5. The van der Waals surface area contributed by atoms with E-state index < -0.39 is 0 Å². The van der Waals surface area contributed by atoms with Crippen molar-refractivity contribution >= 4 is 0 Å². The average Bonchev–Trinajstić information content (AvgIpc) is 2.86. The second-order valence-corrected chi connectivity index (χ2v) is 6.14. The predicted molar refractivity (Wildman–Crippen MR) is 80.5 cm³/mol. The maximum Gasteiger partial charge on any atom is 0.0964 e. The van der Waals surface area contributed by atoms with Crippen LogP contribution in [0, 0.1) is 5.92 Å². The van der Waals surface area contributed by atoms with Crippen molar-refractivity contribution in [1.82, 2.24) is 30.1 Å². The highest BCUT2D eigenvalue weighted by atomic mass is 15.4. The van der Waals surface area contributed by atoms with Gasteiger partial charge in [0.2, 0.25) is 0 Å². The van der Waals surface area contributed by atoms with Crippen molar-refractivity contribution in [1.29, 1.82) is 0 Å². The van der Waals surface area contributed by atoms with Crippen molar-refractivity contribution in [3.63, 3.8) is 0 Å². The van der Waals surface area contributed by atoms with Gasteiger partial charge in [-0.3, -0.25) is 9.58 Å². The SMILES string of the molecule is CC(C)CNCc1cn(CCN2CCN(C)CC2)nn1. The van der Waals surface area contributed by atoms with Crippen LogP contribution in [0.4, 0.5) is 0 Å². The minimum Gasteiger partial charge on any atom is -0.311 e. The summed E-state index contributed by atoms with van der Waals surface area (Å²) in [6, 6.07) is 0. The van der Waals surface area contributed by atoms with E-state index in [1.165, 1.54) is 13.1 Å². The quantitative estimate of drug-likeness (QED) is 0.777. The molecule has 6 nitrogen and oxygen atoms in total. The molecule has 1 aliphatic heterocycles. The van der Waals surface area contributed by atoms with Crippen LogP contribution in [-0.4, -0.2) is 71.1 Å². The van der Waals surface area contributed by atoms with E-state index in [0.717, 1.165) is 45.0 Å². The third kappa shape index (κ3) is 5.19. The smallest absolute Gasteiger partial charge is 0.0964 e. The fourth-order valence-corrected chi connectivity index (χ4v) is 2.33. The molecule has 1 aromatic heterocycles. The number of nitrogens with zero attached hydrogens (tertiary/aromatic N) is 5. The molecule has 1 aromatic rings. The topological polar surface area (TPSA) is 49.2 Å². The molecular formula is C14H28N6. The Hall–Kier alpha value is -0.980.